The number of hydrogen-bond acceptors (Lipinski definition) is 5. The van der Waals surface area contributed by atoms with E-state index in [9.17, 15) is 9.90 Å². The molecule has 0 saturated heterocycles. The third kappa shape index (κ3) is 3.55. The van der Waals surface area contributed by atoms with Crippen molar-refractivity contribution in [3.8, 4) is 5.75 Å². The maximum absolute atomic E-state index is 12.0. The van der Waals surface area contributed by atoms with Gasteiger partial charge in [-0.3, -0.25) is 10.1 Å². The molecule has 0 aliphatic carbocycles. The highest BCUT2D eigenvalue weighted by molar-refractivity contribution is 7.14. The highest BCUT2D eigenvalue weighted by Crippen LogP contribution is 2.21. The molecular formula is C14H17N3O2S. The van der Waals surface area contributed by atoms with Crippen LogP contribution in [0.5, 0.6) is 5.75 Å². The molecule has 3 N–H and O–H groups in total. The van der Waals surface area contributed by atoms with E-state index in [1.165, 1.54) is 23.5 Å². The molecule has 2 aromatic rings. The first-order chi connectivity index (χ1) is 9.60. The summed E-state index contributed by atoms with van der Waals surface area (Å²) < 4.78 is 0. The molecule has 1 atom stereocenters. The summed E-state index contributed by atoms with van der Waals surface area (Å²) in [6, 6.07) is 6.37. The van der Waals surface area contributed by atoms with Gasteiger partial charge >= 0.3 is 0 Å². The van der Waals surface area contributed by atoms with Gasteiger partial charge in [-0.05, 0) is 31.7 Å². The monoisotopic (exact) mass is 291 g/mol. The summed E-state index contributed by atoms with van der Waals surface area (Å²) in [6.45, 7) is 4.93. The number of aromatic hydroxyl groups is 1. The van der Waals surface area contributed by atoms with Gasteiger partial charge in [0, 0.05) is 17.0 Å². The third-order valence-electron chi connectivity index (χ3n) is 2.80. The van der Waals surface area contributed by atoms with Gasteiger partial charge in [-0.2, -0.15) is 0 Å². The Morgan fingerprint density at radius 1 is 1.50 bits per heavy atom. The van der Waals surface area contributed by atoms with Gasteiger partial charge in [-0.15, -0.1) is 11.3 Å². The van der Waals surface area contributed by atoms with E-state index in [0.29, 0.717) is 10.7 Å². The van der Waals surface area contributed by atoms with E-state index >= 15 is 0 Å². The van der Waals surface area contributed by atoms with Crippen molar-refractivity contribution >= 4 is 22.4 Å². The number of nitrogens with zero attached hydrogens (tertiary/aromatic N) is 1. The fourth-order valence-electron chi connectivity index (χ4n) is 1.77. The summed E-state index contributed by atoms with van der Waals surface area (Å²) in [5.41, 5.74) is 1.31. The second-order valence-corrected chi connectivity index (χ2v) is 5.22. The lowest BCUT2D eigenvalue weighted by Crippen LogP contribution is -2.18. The minimum Gasteiger partial charge on any atom is -0.508 e. The second kappa shape index (κ2) is 6.49. The molecule has 1 aromatic carbocycles. The van der Waals surface area contributed by atoms with Crippen LogP contribution in [0.3, 0.4) is 0 Å². The van der Waals surface area contributed by atoms with Gasteiger partial charge in [0.05, 0.1) is 5.69 Å². The first-order valence-corrected chi connectivity index (χ1v) is 7.27. The van der Waals surface area contributed by atoms with Crippen LogP contribution in [0.2, 0.25) is 0 Å². The topological polar surface area (TPSA) is 74.2 Å². The standard InChI is InChI=1S/C14H17N3O2S/c1-3-15-9(2)12-8-20-14(16-12)17-13(19)10-5-4-6-11(18)7-10/h4-9,15,18H,3H2,1-2H3,(H,16,17,19). The molecule has 5 nitrogen and oxygen atoms in total. The van der Waals surface area contributed by atoms with Crippen LogP contribution >= 0.6 is 11.3 Å². The molecule has 1 unspecified atom stereocenters. The van der Waals surface area contributed by atoms with Crippen molar-refractivity contribution in [2.75, 3.05) is 11.9 Å². The number of aromatic nitrogens is 1. The van der Waals surface area contributed by atoms with Crippen LogP contribution in [0.4, 0.5) is 5.13 Å². The van der Waals surface area contributed by atoms with Gasteiger partial charge in [-0.1, -0.05) is 13.0 Å². The van der Waals surface area contributed by atoms with E-state index < -0.39 is 0 Å². The number of thiazole rings is 1. The minimum absolute atomic E-state index is 0.0678. The Hall–Kier alpha value is -1.92. The van der Waals surface area contributed by atoms with Gasteiger partial charge in [-0.25, -0.2) is 4.98 Å². The van der Waals surface area contributed by atoms with Crippen LogP contribution in [0.15, 0.2) is 29.6 Å². The average Bonchev–Trinajstić information content (AvgIpc) is 2.87. The number of amides is 1. The summed E-state index contributed by atoms with van der Waals surface area (Å²) in [5.74, 6) is -0.212. The lowest BCUT2D eigenvalue weighted by Gasteiger charge is -2.08. The van der Waals surface area contributed by atoms with E-state index in [-0.39, 0.29) is 17.7 Å². The number of hydrogen-bond donors (Lipinski definition) is 3. The Morgan fingerprint density at radius 2 is 2.30 bits per heavy atom. The number of phenolic OH excluding ortho intramolecular Hbond substituents is 1. The van der Waals surface area contributed by atoms with Crippen molar-refractivity contribution < 1.29 is 9.90 Å². The molecule has 0 aliphatic heterocycles. The highest BCUT2D eigenvalue weighted by atomic mass is 32.1. The van der Waals surface area contributed by atoms with Crippen molar-refractivity contribution in [3.05, 3.63) is 40.9 Å². The average molecular weight is 291 g/mol. The van der Waals surface area contributed by atoms with Gasteiger partial charge in [0.15, 0.2) is 5.13 Å². The number of phenols is 1. The molecular weight excluding hydrogens is 274 g/mol. The quantitative estimate of drug-likeness (QED) is 0.792. The summed E-state index contributed by atoms with van der Waals surface area (Å²) in [5, 5.41) is 17.8. The number of benzene rings is 1. The van der Waals surface area contributed by atoms with Crippen molar-refractivity contribution in [3.63, 3.8) is 0 Å². The Balaban J connectivity index is 2.05. The molecule has 0 saturated carbocycles. The van der Waals surface area contributed by atoms with Crippen LogP contribution < -0.4 is 10.6 Å². The molecule has 0 radical (unpaired) electrons. The minimum atomic E-state index is -0.280. The smallest absolute Gasteiger partial charge is 0.257 e. The maximum atomic E-state index is 12.0. The summed E-state index contributed by atoms with van der Waals surface area (Å²) >= 11 is 1.39. The van der Waals surface area contributed by atoms with Crippen LogP contribution in [-0.2, 0) is 0 Å². The molecule has 1 heterocycles. The van der Waals surface area contributed by atoms with E-state index in [4.69, 9.17) is 0 Å². The van der Waals surface area contributed by atoms with Crippen LogP contribution in [0, 0.1) is 0 Å². The Morgan fingerprint density at radius 3 is 3.00 bits per heavy atom. The Labute approximate surface area is 121 Å². The zero-order chi connectivity index (χ0) is 14.5. The van der Waals surface area contributed by atoms with Gasteiger partial charge in [0.2, 0.25) is 0 Å². The predicted octanol–water partition coefficient (Wildman–Crippen LogP) is 2.77. The number of carbonyl (C=O) groups excluding carboxylic acids is 1. The normalized spacial score (nSPS) is 12.1. The van der Waals surface area contributed by atoms with Gasteiger partial charge in [0.1, 0.15) is 5.75 Å². The third-order valence-corrected chi connectivity index (χ3v) is 3.58. The molecule has 20 heavy (non-hydrogen) atoms. The number of nitrogens with one attached hydrogen (secondary N) is 2. The lowest BCUT2D eigenvalue weighted by molar-refractivity contribution is 0.102. The zero-order valence-corrected chi connectivity index (χ0v) is 12.2. The fraction of sp³-hybridized carbons (Fsp3) is 0.286. The lowest BCUT2D eigenvalue weighted by atomic mass is 10.2. The Kier molecular flexibility index (Phi) is 4.70. The van der Waals surface area contributed by atoms with E-state index in [2.05, 4.69) is 15.6 Å². The van der Waals surface area contributed by atoms with Gasteiger partial charge < -0.3 is 10.4 Å². The van der Waals surface area contributed by atoms with Crippen molar-refractivity contribution in [2.45, 2.75) is 19.9 Å². The number of carbonyl (C=O) groups is 1. The van der Waals surface area contributed by atoms with Gasteiger partial charge in [0.25, 0.3) is 5.91 Å². The SMILES string of the molecule is CCNC(C)c1csc(NC(=O)c2cccc(O)c2)n1. The molecule has 106 valence electrons. The van der Waals surface area contributed by atoms with Crippen molar-refractivity contribution in [1.29, 1.82) is 0 Å². The zero-order valence-electron chi connectivity index (χ0n) is 11.4. The van der Waals surface area contributed by atoms with Crippen molar-refractivity contribution in [1.82, 2.24) is 10.3 Å². The summed E-state index contributed by atoms with van der Waals surface area (Å²) in [4.78, 5) is 16.4. The predicted molar refractivity (Wildman–Crippen MR) is 80.3 cm³/mol. The molecule has 2 rings (SSSR count). The highest BCUT2D eigenvalue weighted by Gasteiger charge is 2.12. The second-order valence-electron chi connectivity index (χ2n) is 4.36. The number of anilines is 1. The molecule has 1 aromatic heterocycles. The van der Waals surface area contributed by atoms with Crippen molar-refractivity contribution in [2.24, 2.45) is 0 Å². The van der Waals surface area contributed by atoms with Crippen LogP contribution in [-0.4, -0.2) is 22.5 Å². The summed E-state index contributed by atoms with van der Waals surface area (Å²) in [7, 11) is 0. The van der Waals surface area contributed by atoms with E-state index in [1.54, 1.807) is 12.1 Å². The largest absolute Gasteiger partial charge is 0.508 e. The molecule has 0 aliphatic rings. The molecule has 0 spiro atoms. The van der Waals surface area contributed by atoms with E-state index in [0.717, 1.165) is 12.2 Å². The molecule has 6 heteroatoms. The van der Waals surface area contributed by atoms with Crippen LogP contribution in [0.25, 0.3) is 0 Å². The Bertz CT molecular complexity index is 598. The molecule has 0 fully saturated rings. The fourth-order valence-corrected chi connectivity index (χ4v) is 2.57. The first-order valence-electron chi connectivity index (χ1n) is 6.39. The first kappa shape index (κ1) is 14.5. The maximum Gasteiger partial charge on any atom is 0.257 e. The number of rotatable bonds is 5. The molecule has 0 bridgehead atoms. The van der Waals surface area contributed by atoms with E-state index in [1.807, 2.05) is 19.2 Å². The molecule has 1 amide bonds. The summed E-state index contributed by atoms with van der Waals surface area (Å²) in [6.07, 6.45) is 0. The van der Waals surface area contributed by atoms with Crippen LogP contribution in [0.1, 0.15) is 35.9 Å².